The summed E-state index contributed by atoms with van der Waals surface area (Å²) >= 11 is 1.52. The number of carboxylic acids is 1. The Morgan fingerprint density at radius 2 is 1.70 bits per heavy atom. The summed E-state index contributed by atoms with van der Waals surface area (Å²) in [6, 6.07) is 15.7. The average molecular weight is 565 g/mol. The van der Waals surface area contributed by atoms with E-state index in [-0.39, 0.29) is 29.1 Å². The predicted molar refractivity (Wildman–Crippen MR) is 153 cm³/mol. The summed E-state index contributed by atoms with van der Waals surface area (Å²) in [5, 5.41) is 15.8. The molecule has 0 aliphatic heterocycles. The van der Waals surface area contributed by atoms with Crippen LogP contribution in [0.25, 0.3) is 11.1 Å². The van der Waals surface area contributed by atoms with Crippen LogP contribution >= 0.6 is 11.8 Å². The first-order chi connectivity index (χ1) is 19.2. The van der Waals surface area contributed by atoms with Crippen molar-refractivity contribution in [2.45, 2.75) is 37.2 Å². The van der Waals surface area contributed by atoms with Crippen molar-refractivity contribution < 1.29 is 23.5 Å². The third-order valence-electron chi connectivity index (χ3n) is 6.56. The molecule has 0 bridgehead atoms. The van der Waals surface area contributed by atoms with E-state index in [1.54, 1.807) is 55.0 Å². The van der Waals surface area contributed by atoms with Gasteiger partial charge in [0.05, 0.1) is 12.4 Å². The number of thioether (sulfide) groups is 1. The first-order valence-electron chi connectivity index (χ1n) is 12.7. The highest BCUT2D eigenvalue weighted by Crippen LogP contribution is 2.30. The van der Waals surface area contributed by atoms with E-state index in [4.69, 9.17) is 0 Å². The molecule has 3 atom stereocenters. The van der Waals surface area contributed by atoms with E-state index in [2.05, 4.69) is 15.6 Å². The van der Waals surface area contributed by atoms with Crippen molar-refractivity contribution in [3.05, 3.63) is 108 Å². The Morgan fingerprint density at radius 3 is 2.30 bits per heavy atom. The van der Waals surface area contributed by atoms with Crippen LogP contribution in [0, 0.1) is 11.6 Å². The molecule has 4 aromatic rings. The number of anilines is 1. The van der Waals surface area contributed by atoms with Gasteiger partial charge in [0.15, 0.2) is 0 Å². The van der Waals surface area contributed by atoms with Crippen LogP contribution in [0.1, 0.15) is 35.3 Å². The van der Waals surface area contributed by atoms with Gasteiger partial charge >= 0.3 is 5.97 Å². The number of carbonyl (C=O) groups is 2. The van der Waals surface area contributed by atoms with Crippen LogP contribution in [0.15, 0.2) is 85.5 Å². The van der Waals surface area contributed by atoms with Crippen LogP contribution in [0.5, 0.6) is 0 Å². The second kappa shape index (κ2) is 13.3. The molecule has 0 fully saturated rings. The molecule has 1 aromatic heterocycles. The van der Waals surface area contributed by atoms with Gasteiger partial charge in [-0.2, -0.15) is 11.8 Å². The van der Waals surface area contributed by atoms with Gasteiger partial charge in [0, 0.05) is 35.4 Å². The maximum Gasteiger partial charge on any atom is 0.326 e. The highest BCUT2D eigenvalue weighted by atomic mass is 32.2. The maximum atomic E-state index is 13.7. The van der Waals surface area contributed by atoms with Crippen LogP contribution in [-0.2, 0) is 11.3 Å². The number of aromatic nitrogens is 2. The van der Waals surface area contributed by atoms with Crippen molar-refractivity contribution in [1.29, 1.82) is 0 Å². The van der Waals surface area contributed by atoms with E-state index < -0.39 is 23.7 Å². The third-order valence-corrected chi connectivity index (χ3v) is 7.56. The van der Waals surface area contributed by atoms with Crippen molar-refractivity contribution >= 4 is 29.3 Å². The monoisotopic (exact) mass is 564 g/mol. The highest BCUT2D eigenvalue weighted by molar-refractivity contribution is 7.99. The zero-order valence-electron chi connectivity index (χ0n) is 22.1. The molecule has 208 valence electrons. The number of hydrogen-bond donors (Lipinski definition) is 3. The minimum atomic E-state index is -1.11. The normalized spacial score (nSPS) is 13.3. The summed E-state index contributed by atoms with van der Waals surface area (Å²) in [4.78, 5) is 29.3. The number of nitrogens with one attached hydrogen (secondary N) is 2. The number of imidazole rings is 1. The Hall–Kier alpha value is -4.18. The Bertz CT molecular complexity index is 1430. The number of amides is 1. The predicted octanol–water partition coefficient (Wildman–Crippen LogP) is 6.01. The zero-order valence-corrected chi connectivity index (χ0v) is 22.9. The van der Waals surface area contributed by atoms with Crippen molar-refractivity contribution in [3.63, 3.8) is 0 Å². The maximum absolute atomic E-state index is 13.7. The Morgan fingerprint density at radius 1 is 1.02 bits per heavy atom. The molecule has 1 amide bonds. The molecule has 1 heterocycles. The topological polar surface area (TPSA) is 96.3 Å². The van der Waals surface area contributed by atoms with Gasteiger partial charge < -0.3 is 20.3 Å². The fourth-order valence-corrected chi connectivity index (χ4v) is 4.71. The number of benzene rings is 3. The largest absolute Gasteiger partial charge is 0.480 e. The van der Waals surface area contributed by atoms with Gasteiger partial charge in [0.25, 0.3) is 5.91 Å². The number of carboxylic acid groups (broad SMARTS) is 1. The van der Waals surface area contributed by atoms with E-state index in [0.29, 0.717) is 23.4 Å². The number of halogens is 2. The molecule has 0 saturated heterocycles. The molecular formula is C30H30F2N4O3S. The van der Waals surface area contributed by atoms with Crippen molar-refractivity contribution in [2.75, 3.05) is 11.6 Å². The van der Waals surface area contributed by atoms with Gasteiger partial charge in [-0.25, -0.2) is 18.6 Å². The van der Waals surface area contributed by atoms with E-state index in [9.17, 15) is 23.5 Å². The van der Waals surface area contributed by atoms with E-state index >= 15 is 0 Å². The quantitative estimate of drug-likeness (QED) is 0.195. The minimum Gasteiger partial charge on any atom is -0.480 e. The van der Waals surface area contributed by atoms with Gasteiger partial charge in [0.1, 0.15) is 17.7 Å². The first kappa shape index (κ1) is 28.8. The van der Waals surface area contributed by atoms with Crippen LogP contribution in [-0.4, -0.2) is 44.1 Å². The summed E-state index contributed by atoms with van der Waals surface area (Å²) in [5.41, 5.74) is 2.86. The van der Waals surface area contributed by atoms with Crippen molar-refractivity contribution in [1.82, 2.24) is 14.9 Å². The molecule has 2 unspecified atom stereocenters. The molecule has 0 aliphatic rings. The summed E-state index contributed by atoms with van der Waals surface area (Å²) in [6.07, 6.45) is 7.34. The van der Waals surface area contributed by atoms with Crippen LogP contribution < -0.4 is 10.6 Å². The third kappa shape index (κ3) is 7.47. The molecule has 0 saturated carbocycles. The molecule has 3 N–H and O–H groups in total. The number of aliphatic carboxylic acids is 1. The summed E-state index contributed by atoms with van der Waals surface area (Å²) in [6.45, 7) is 2.40. The molecule has 0 aliphatic carbocycles. The summed E-state index contributed by atoms with van der Waals surface area (Å²) in [5.74, 6) is -2.42. The van der Waals surface area contributed by atoms with Gasteiger partial charge in [-0.3, -0.25) is 4.79 Å². The average Bonchev–Trinajstić information content (AvgIpc) is 3.46. The van der Waals surface area contributed by atoms with Gasteiger partial charge in [-0.1, -0.05) is 31.2 Å². The molecule has 0 spiro atoms. The molecule has 40 heavy (non-hydrogen) atoms. The standard InChI is InChI=1S/C30H30F2N4O3S/c1-19(40-2)15-27(30(38)39)35-29(37)25-12-11-24(16-26(25)20-3-7-22(31)8-4-20)34-28(17-36-14-13-33-18-36)21-5-9-23(32)10-6-21/h3-14,16,18-19,27-28,34H,15,17H2,1-2H3,(H,35,37)(H,38,39)/t19?,27-,28?/m0/s1. The highest BCUT2D eigenvalue weighted by Gasteiger charge is 2.25. The molecule has 3 aromatic carbocycles. The lowest BCUT2D eigenvalue weighted by Crippen LogP contribution is -2.42. The molecule has 4 rings (SSSR count). The first-order valence-corrected chi connectivity index (χ1v) is 14.0. The lowest BCUT2D eigenvalue weighted by Gasteiger charge is -2.23. The lowest BCUT2D eigenvalue weighted by atomic mass is 9.97. The Balaban J connectivity index is 1.69. The number of nitrogens with zero attached hydrogens (tertiary/aromatic N) is 2. The van der Waals surface area contributed by atoms with Crippen molar-refractivity contribution in [2.24, 2.45) is 0 Å². The lowest BCUT2D eigenvalue weighted by molar-refractivity contribution is -0.139. The molecule has 7 nitrogen and oxygen atoms in total. The van der Waals surface area contributed by atoms with Crippen LogP contribution in [0.3, 0.4) is 0 Å². The van der Waals surface area contributed by atoms with Crippen LogP contribution in [0.2, 0.25) is 0 Å². The summed E-state index contributed by atoms with van der Waals surface area (Å²) < 4.78 is 29.3. The number of rotatable bonds is 12. The smallest absolute Gasteiger partial charge is 0.326 e. The molecule has 10 heteroatoms. The fraction of sp³-hybridized carbons (Fsp3) is 0.233. The summed E-state index contributed by atoms with van der Waals surface area (Å²) in [7, 11) is 0. The SMILES string of the molecule is CSC(C)C[C@H](NC(=O)c1ccc(NC(Cn2ccnc2)c2ccc(F)cc2)cc1-c1ccc(F)cc1)C(=O)O. The zero-order chi connectivity index (χ0) is 28.6. The van der Waals surface area contributed by atoms with Gasteiger partial charge in [-0.05, 0) is 71.8 Å². The van der Waals surface area contributed by atoms with Crippen LogP contribution in [0.4, 0.5) is 14.5 Å². The minimum absolute atomic E-state index is 0.0310. The van der Waals surface area contributed by atoms with Gasteiger partial charge in [0.2, 0.25) is 0 Å². The molecular weight excluding hydrogens is 534 g/mol. The Labute approximate surface area is 235 Å². The number of carbonyl (C=O) groups excluding carboxylic acids is 1. The van der Waals surface area contributed by atoms with E-state index in [1.807, 2.05) is 23.9 Å². The second-order valence-electron chi connectivity index (χ2n) is 9.42. The van der Waals surface area contributed by atoms with E-state index in [0.717, 1.165) is 5.56 Å². The number of hydrogen-bond acceptors (Lipinski definition) is 5. The second-order valence-corrected chi connectivity index (χ2v) is 10.7. The van der Waals surface area contributed by atoms with E-state index in [1.165, 1.54) is 36.0 Å². The molecule has 0 radical (unpaired) electrons. The fourth-order valence-electron chi connectivity index (χ4n) is 4.32. The Kier molecular flexibility index (Phi) is 9.55. The van der Waals surface area contributed by atoms with Gasteiger partial charge in [-0.15, -0.1) is 0 Å². The van der Waals surface area contributed by atoms with Crippen molar-refractivity contribution in [3.8, 4) is 11.1 Å².